The Bertz CT molecular complexity index is 104. The largest absolute Gasteiger partial charge is 0.377 e. The van der Waals surface area contributed by atoms with Crippen LogP contribution in [-0.4, -0.2) is 18.8 Å². The van der Waals surface area contributed by atoms with Crippen LogP contribution < -0.4 is 5.73 Å². The van der Waals surface area contributed by atoms with Gasteiger partial charge in [0.25, 0.3) is 0 Å². The topological polar surface area (TPSA) is 35.2 Å². The van der Waals surface area contributed by atoms with E-state index in [4.69, 9.17) is 10.5 Å². The Labute approximate surface area is 76.5 Å². The molecule has 0 aromatic carbocycles. The van der Waals surface area contributed by atoms with Gasteiger partial charge in [0.2, 0.25) is 0 Å². The van der Waals surface area contributed by atoms with Crippen molar-refractivity contribution >= 4 is 0 Å². The van der Waals surface area contributed by atoms with Crippen LogP contribution in [0.25, 0.3) is 0 Å². The van der Waals surface area contributed by atoms with Crippen molar-refractivity contribution in [3.8, 4) is 0 Å². The highest BCUT2D eigenvalue weighted by atomic mass is 16.5. The molecule has 0 aromatic heterocycles. The van der Waals surface area contributed by atoms with Crippen molar-refractivity contribution < 1.29 is 4.74 Å². The van der Waals surface area contributed by atoms with Gasteiger partial charge in [0.15, 0.2) is 0 Å². The lowest BCUT2D eigenvalue weighted by atomic mass is 9.98. The molecule has 0 bridgehead atoms. The molecule has 74 valence electrons. The summed E-state index contributed by atoms with van der Waals surface area (Å²) in [5.41, 5.74) is 5.99. The van der Waals surface area contributed by atoms with E-state index in [2.05, 4.69) is 20.8 Å². The molecule has 2 nitrogen and oxygen atoms in total. The molecule has 2 N–H and O–H groups in total. The SMILES string of the molecule is CCOC(CC)[C@@H](N)CC(C)C. The highest BCUT2D eigenvalue weighted by Crippen LogP contribution is 2.11. The first-order valence-corrected chi connectivity index (χ1v) is 4.98. The normalized spacial score (nSPS) is 16.5. The summed E-state index contributed by atoms with van der Waals surface area (Å²) in [4.78, 5) is 0. The zero-order valence-corrected chi connectivity index (χ0v) is 8.84. The van der Waals surface area contributed by atoms with Crippen molar-refractivity contribution in [1.82, 2.24) is 0 Å². The fourth-order valence-electron chi connectivity index (χ4n) is 1.45. The van der Waals surface area contributed by atoms with Crippen LogP contribution in [0.3, 0.4) is 0 Å². The molecule has 0 aliphatic rings. The summed E-state index contributed by atoms with van der Waals surface area (Å²) in [6.07, 6.45) is 2.32. The van der Waals surface area contributed by atoms with Gasteiger partial charge in [0.05, 0.1) is 6.10 Å². The third kappa shape index (κ3) is 4.73. The maximum Gasteiger partial charge on any atom is 0.0723 e. The first kappa shape index (κ1) is 11.9. The molecule has 0 rings (SSSR count). The minimum atomic E-state index is 0.204. The van der Waals surface area contributed by atoms with Crippen LogP contribution in [0.1, 0.15) is 40.5 Å². The van der Waals surface area contributed by atoms with Gasteiger partial charge in [-0.3, -0.25) is 0 Å². The second kappa shape index (κ2) is 6.44. The van der Waals surface area contributed by atoms with Crippen LogP contribution in [-0.2, 0) is 4.74 Å². The minimum absolute atomic E-state index is 0.204. The van der Waals surface area contributed by atoms with E-state index in [0.717, 1.165) is 19.4 Å². The zero-order valence-electron chi connectivity index (χ0n) is 8.84. The molecule has 2 atom stereocenters. The Morgan fingerprint density at radius 2 is 1.83 bits per heavy atom. The van der Waals surface area contributed by atoms with Crippen LogP contribution in [0, 0.1) is 5.92 Å². The van der Waals surface area contributed by atoms with Crippen molar-refractivity contribution in [3.05, 3.63) is 0 Å². The van der Waals surface area contributed by atoms with Crippen LogP contribution in [0.5, 0.6) is 0 Å². The van der Waals surface area contributed by atoms with Crippen molar-refractivity contribution in [2.45, 2.75) is 52.7 Å². The Kier molecular flexibility index (Phi) is 6.39. The van der Waals surface area contributed by atoms with Crippen molar-refractivity contribution in [3.63, 3.8) is 0 Å². The molecule has 0 aliphatic heterocycles. The summed E-state index contributed by atoms with van der Waals surface area (Å²) in [6, 6.07) is 0.204. The van der Waals surface area contributed by atoms with E-state index in [-0.39, 0.29) is 12.1 Å². The molecule has 2 heteroatoms. The van der Waals surface area contributed by atoms with E-state index in [1.54, 1.807) is 0 Å². The average Bonchev–Trinajstić information content (AvgIpc) is 1.98. The van der Waals surface area contributed by atoms with E-state index in [0.29, 0.717) is 5.92 Å². The number of hydrogen-bond donors (Lipinski definition) is 1. The average molecular weight is 173 g/mol. The van der Waals surface area contributed by atoms with Gasteiger partial charge in [-0.05, 0) is 25.7 Å². The molecule has 1 unspecified atom stereocenters. The van der Waals surface area contributed by atoms with Gasteiger partial charge >= 0.3 is 0 Å². The molecular formula is C10H23NO. The minimum Gasteiger partial charge on any atom is -0.377 e. The van der Waals surface area contributed by atoms with Gasteiger partial charge in [-0.2, -0.15) is 0 Å². The monoisotopic (exact) mass is 173 g/mol. The lowest BCUT2D eigenvalue weighted by molar-refractivity contribution is 0.0368. The molecular weight excluding hydrogens is 150 g/mol. The van der Waals surface area contributed by atoms with Gasteiger partial charge in [-0.15, -0.1) is 0 Å². The number of rotatable bonds is 6. The molecule has 0 amide bonds. The zero-order chi connectivity index (χ0) is 9.56. The first-order valence-electron chi connectivity index (χ1n) is 4.98. The number of ether oxygens (including phenoxy) is 1. The molecule has 0 radical (unpaired) electrons. The smallest absolute Gasteiger partial charge is 0.0723 e. The molecule has 0 saturated heterocycles. The van der Waals surface area contributed by atoms with Crippen LogP contribution in [0.15, 0.2) is 0 Å². The Morgan fingerprint density at radius 1 is 1.25 bits per heavy atom. The Morgan fingerprint density at radius 3 is 2.17 bits per heavy atom. The molecule has 12 heavy (non-hydrogen) atoms. The van der Waals surface area contributed by atoms with E-state index in [9.17, 15) is 0 Å². The fourth-order valence-corrected chi connectivity index (χ4v) is 1.45. The quantitative estimate of drug-likeness (QED) is 0.668. The predicted molar refractivity (Wildman–Crippen MR) is 53.1 cm³/mol. The second-order valence-electron chi connectivity index (χ2n) is 3.70. The van der Waals surface area contributed by atoms with E-state index < -0.39 is 0 Å². The summed E-state index contributed by atoms with van der Waals surface area (Å²) >= 11 is 0. The standard InChI is InChI=1S/C10H23NO/c1-5-10(12-6-2)9(11)7-8(3)4/h8-10H,5-7,11H2,1-4H3/t9-,10?/m0/s1. The molecule has 0 saturated carbocycles. The van der Waals surface area contributed by atoms with Gasteiger partial charge in [0, 0.05) is 12.6 Å². The van der Waals surface area contributed by atoms with Crippen LogP contribution in [0.4, 0.5) is 0 Å². The van der Waals surface area contributed by atoms with E-state index >= 15 is 0 Å². The third-order valence-corrected chi connectivity index (χ3v) is 2.00. The van der Waals surface area contributed by atoms with E-state index in [1.165, 1.54) is 0 Å². The molecule has 0 aromatic rings. The highest BCUT2D eigenvalue weighted by molar-refractivity contribution is 4.73. The Balaban J connectivity index is 3.76. The molecule has 0 spiro atoms. The molecule has 0 fully saturated rings. The van der Waals surface area contributed by atoms with Crippen LogP contribution >= 0.6 is 0 Å². The van der Waals surface area contributed by atoms with Gasteiger partial charge < -0.3 is 10.5 Å². The van der Waals surface area contributed by atoms with Gasteiger partial charge in [-0.25, -0.2) is 0 Å². The maximum absolute atomic E-state index is 5.99. The van der Waals surface area contributed by atoms with Crippen LogP contribution in [0.2, 0.25) is 0 Å². The molecule has 0 aliphatic carbocycles. The Hall–Kier alpha value is -0.0800. The van der Waals surface area contributed by atoms with Crippen molar-refractivity contribution in [1.29, 1.82) is 0 Å². The number of hydrogen-bond acceptors (Lipinski definition) is 2. The number of nitrogens with two attached hydrogens (primary N) is 1. The summed E-state index contributed by atoms with van der Waals surface area (Å²) in [7, 11) is 0. The summed E-state index contributed by atoms with van der Waals surface area (Å²) in [5.74, 6) is 0.662. The summed E-state index contributed by atoms with van der Waals surface area (Å²) < 4.78 is 5.53. The summed E-state index contributed by atoms with van der Waals surface area (Å²) in [6.45, 7) is 9.30. The van der Waals surface area contributed by atoms with Gasteiger partial charge in [-0.1, -0.05) is 20.8 Å². The van der Waals surface area contributed by atoms with Crippen molar-refractivity contribution in [2.24, 2.45) is 11.7 Å². The second-order valence-corrected chi connectivity index (χ2v) is 3.70. The highest BCUT2D eigenvalue weighted by Gasteiger charge is 2.16. The van der Waals surface area contributed by atoms with Crippen molar-refractivity contribution in [2.75, 3.05) is 6.61 Å². The van der Waals surface area contributed by atoms with Gasteiger partial charge in [0.1, 0.15) is 0 Å². The fraction of sp³-hybridized carbons (Fsp3) is 1.00. The van der Waals surface area contributed by atoms with E-state index in [1.807, 2.05) is 6.92 Å². The predicted octanol–water partition coefficient (Wildman–Crippen LogP) is 2.17. The lowest BCUT2D eigenvalue weighted by Gasteiger charge is -2.23. The summed E-state index contributed by atoms with van der Waals surface area (Å²) in [5, 5.41) is 0. The molecule has 0 heterocycles. The first-order chi connectivity index (χ1) is 5.61. The lowest BCUT2D eigenvalue weighted by Crippen LogP contribution is -2.37. The maximum atomic E-state index is 5.99. The third-order valence-electron chi connectivity index (χ3n) is 2.00.